The maximum absolute atomic E-state index is 12.8. The summed E-state index contributed by atoms with van der Waals surface area (Å²) in [4.78, 5) is 18.2. The second-order valence-electron chi connectivity index (χ2n) is 4.67. The van der Waals surface area contributed by atoms with E-state index in [9.17, 15) is 18.0 Å². The number of hydrogen-bond donors (Lipinski definition) is 1. The van der Waals surface area contributed by atoms with Crippen LogP contribution >= 0.6 is 12.2 Å². The molecule has 9 heteroatoms. The number of likely N-dealkylation sites (N-methyl/N-ethyl adjacent to an activating group) is 1. The molecule has 1 aliphatic heterocycles. The van der Waals surface area contributed by atoms with E-state index in [1.54, 1.807) is 7.05 Å². The predicted octanol–water partition coefficient (Wildman–Crippen LogP) is 1.01. The van der Waals surface area contributed by atoms with Gasteiger partial charge in [0, 0.05) is 20.1 Å². The summed E-state index contributed by atoms with van der Waals surface area (Å²) < 4.78 is 38.4. The Morgan fingerprint density at radius 1 is 1.38 bits per heavy atom. The minimum atomic E-state index is -4.57. The Morgan fingerprint density at radius 2 is 2.05 bits per heavy atom. The molecule has 1 aromatic rings. The van der Waals surface area contributed by atoms with E-state index in [2.05, 4.69) is 4.98 Å². The number of thiocarbonyl (C=S) groups is 1. The fourth-order valence-electron chi connectivity index (χ4n) is 1.98. The summed E-state index contributed by atoms with van der Waals surface area (Å²) in [5.41, 5.74) is 4.72. The van der Waals surface area contributed by atoms with E-state index in [1.165, 1.54) is 15.9 Å². The van der Waals surface area contributed by atoms with Crippen molar-refractivity contribution in [3.63, 3.8) is 0 Å². The van der Waals surface area contributed by atoms with Gasteiger partial charge in [-0.2, -0.15) is 13.2 Å². The Kier molecular flexibility index (Phi) is 4.04. The van der Waals surface area contributed by atoms with Crippen LogP contribution in [0.15, 0.2) is 12.1 Å². The normalized spacial score (nSPS) is 16.3. The topological polar surface area (TPSA) is 62.5 Å². The highest BCUT2D eigenvalue weighted by Crippen LogP contribution is 2.31. The molecule has 1 amide bonds. The fourth-order valence-corrected chi connectivity index (χ4v) is 2.14. The third-order valence-corrected chi connectivity index (χ3v) is 3.41. The summed E-state index contributed by atoms with van der Waals surface area (Å²) in [6.45, 7) is 0.708. The number of hydrogen-bond acceptors (Lipinski definition) is 4. The molecule has 2 rings (SSSR count). The highest BCUT2D eigenvalue weighted by atomic mass is 32.1. The van der Waals surface area contributed by atoms with Crippen LogP contribution in [0, 0.1) is 0 Å². The molecule has 0 aliphatic carbocycles. The summed E-state index contributed by atoms with van der Waals surface area (Å²) in [7, 11) is 1.63. The first-order valence-electron chi connectivity index (χ1n) is 6.07. The molecule has 1 fully saturated rings. The second kappa shape index (κ2) is 5.47. The molecule has 21 heavy (non-hydrogen) atoms. The zero-order chi connectivity index (χ0) is 15.8. The number of pyridine rings is 1. The lowest BCUT2D eigenvalue weighted by Crippen LogP contribution is -2.49. The van der Waals surface area contributed by atoms with Crippen LogP contribution in [0.3, 0.4) is 0 Å². The first kappa shape index (κ1) is 15.5. The van der Waals surface area contributed by atoms with Crippen LogP contribution in [0.4, 0.5) is 19.0 Å². The number of nitrogens with zero attached hydrogens (tertiary/aromatic N) is 3. The molecule has 0 aromatic carbocycles. The zero-order valence-corrected chi connectivity index (χ0v) is 12.0. The maximum atomic E-state index is 12.8. The number of carbonyl (C=O) groups is 1. The summed E-state index contributed by atoms with van der Waals surface area (Å²) in [5.74, 6) is -0.201. The van der Waals surface area contributed by atoms with Gasteiger partial charge < -0.3 is 15.5 Å². The SMILES string of the molecule is CN1CCN(c2nc(C(F)(F)F)ccc2C(N)=S)CC1=O. The van der Waals surface area contributed by atoms with Crippen molar-refractivity contribution in [2.75, 3.05) is 31.6 Å². The van der Waals surface area contributed by atoms with Gasteiger partial charge in [-0.05, 0) is 12.1 Å². The number of alkyl halides is 3. The van der Waals surface area contributed by atoms with Gasteiger partial charge in [-0.15, -0.1) is 0 Å². The Morgan fingerprint density at radius 3 is 2.57 bits per heavy atom. The van der Waals surface area contributed by atoms with Crippen molar-refractivity contribution >= 4 is 28.9 Å². The molecule has 5 nitrogen and oxygen atoms in total. The average molecular weight is 318 g/mol. The van der Waals surface area contributed by atoms with E-state index in [4.69, 9.17) is 18.0 Å². The summed E-state index contributed by atoms with van der Waals surface area (Å²) in [6, 6.07) is 2.02. The number of nitrogens with two attached hydrogens (primary N) is 1. The Balaban J connectivity index is 2.44. The van der Waals surface area contributed by atoms with E-state index >= 15 is 0 Å². The van der Waals surface area contributed by atoms with E-state index in [0.29, 0.717) is 13.1 Å². The molecule has 2 N–H and O–H groups in total. The molecule has 0 radical (unpaired) electrons. The first-order valence-corrected chi connectivity index (χ1v) is 6.48. The standard InChI is InChI=1S/C12H13F3N4OS/c1-18-4-5-19(6-9(18)20)11-7(10(16)21)2-3-8(17-11)12(13,14)15/h2-3H,4-6H2,1H3,(H2,16,21). The average Bonchev–Trinajstić information content (AvgIpc) is 2.40. The molecule has 114 valence electrons. The Labute approximate surface area is 124 Å². The molecule has 1 aromatic heterocycles. The van der Waals surface area contributed by atoms with Crippen molar-refractivity contribution in [3.8, 4) is 0 Å². The molecule has 0 bridgehead atoms. The van der Waals surface area contributed by atoms with Crippen molar-refractivity contribution in [2.45, 2.75) is 6.18 Å². The zero-order valence-electron chi connectivity index (χ0n) is 11.1. The lowest BCUT2D eigenvalue weighted by atomic mass is 10.2. The van der Waals surface area contributed by atoms with Crippen LogP contribution in [0.2, 0.25) is 0 Å². The minimum absolute atomic E-state index is 0.00113. The molecule has 1 saturated heterocycles. The third-order valence-electron chi connectivity index (χ3n) is 3.19. The molecule has 2 heterocycles. The lowest BCUT2D eigenvalue weighted by molar-refractivity contribution is -0.141. The van der Waals surface area contributed by atoms with Crippen molar-refractivity contribution in [1.29, 1.82) is 0 Å². The summed E-state index contributed by atoms with van der Waals surface area (Å²) in [5, 5.41) is 0. The van der Waals surface area contributed by atoms with E-state index in [-0.39, 0.29) is 28.8 Å². The monoisotopic (exact) mass is 318 g/mol. The highest BCUT2D eigenvalue weighted by Gasteiger charge is 2.34. The number of anilines is 1. The third kappa shape index (κ3) is 3.23. The van der Waals surface area contributed by atoms with Crippen LogP contribution in [0.25, 0.3) is 0 Å². The number of rotatable bonds is 2. The van der Waals surface area contributed by atoms with Gasteiger partial charge in [-0.25, -0.2) is 4.98 Å². The highest BCUT2D eigenvalue weighted by molar-refractivity contribution is 7.80. The number of halogens is 3. The first-order chi connectivity index (χ1) is 9.70. The Bertz CT molecular complexity index is 590. The van der Waals surface area contributed by atoms with Gasteiger partial charge in [-0.1, -0.05) is 12.2 Å². The predicted molar refractivity (Wildman–Crippen MR) is 75.0 cm³/mol. The van der Waals surface area contributed by atoms with E-state index in [1.807, 2.05) is 0 Å². The van der Waals surface area contributed by atoms with Gasteiger partial charge in [0.1, 0.15) is 16.5 Å². The van der Waals surface area contributed by atoms with Crippen molar-refractivity contribution in [3.05, 3.63) is 23.4 Å². The van der Waals surface area contributed by atoms with Crippen LogP contribution < -0.4 is 10.6 Å². The molecule has 0 unspecified atom stereocenters. The number of piperazine rings is 1. The number of carbonyl (C=O) groups excluding carboxylic acids is 1. The van der Waals surface area contributed by atoms with Gasteiger partial charge in [0.25, 0.3) is 0 Å². The molecule has 0 atom stereocenters. The fraction of sp³-hybridized carbons (Fsp3) is 0.417. The summed E-state index contributed by atoms with van der Waals surface area (Å²) >= 11 is 4.84. The lowest BCUT2D eigenvalue weighted by Gasteiger charge is -2.33. The van der Waals surface area contributed by atoms with Gasteiger partial charge >= 0.3 is 6.18 Å². The number of amides is 1. The Hall–Kier alpha value is -1.90. The minimum Gasteiger partial charge on any atom is -0.389 e. The van der Waals surface area contributed by atoms with Crippen LogP contribution in [0.5, 0.6) is 0 Å². The molecule has 1 aliphatic rings. The summed E-state index contributed by atoms with van der Waals surface area (Å²) in [6.07, 6.45) is -4.57. The number of aromatic nitrogens is 1. The van der Waals surface area contributed by atoms with Crippen molar-refractivity contribution < 1.29 is 18.0 Å². The second-order valence-corrected chi connectivity index (χ2v) is 5.11. The largest absolute Gasteiger partial charge is 0.433 e. The van der Waals surface area contributed by atoms with Crippen LogP contribution in [-0.4, -0.2) is 47.5 Å². The molecular weight excluding hydrogens is 305 g/mol. The molecule has 0 saturated carbocycles. The van der Waals surface area contributed by atoms with Gasteiger partial charge in [0.15, 0.2) is 0 Å². The van der Waals surface area contributed by atoms with E-state index in [0.717, 1.165) is 6.07 Å². The van der Waals surface area contributed by atoms with E-state index < -0.39 is 11.9 Å². The van der Waals surface area contributed by atoms with Gasteiger partial charge in [0.2, 0.25) is 5.91 Å². The van der Waals surface area contributed by atoms with Gasteiger partial charge in [0.05, 0.1) is 12.1 Å². The van der Waals surface area contributed by atoms with Crippen molar-refractivity contribution in [2.24, 2.45) is 5.73 Å². The van der Waals surface area contributed by atoms with Gasteiger partial charge in [-0.3, -0.25) is 4.79 Å². The van der Waals surface area contributed by atoms with Crippen molar-refractivity contribution in [1.82, 2.24) is 9.88 Å². The maximum Gasteiger partial charge on any atom is 0.433 e. The quantitative estimate of drug-likeness (QED) is 0.825. The van der Waals surface area contributed by atoms with Crippen LogP contribution in [-0.2, 0) is 11.0 Å². The van der Waals surface area contributed by atoms with Crippen LogP contribution in [0.1, 0.15) is 11.3 Å². The molecular formula is C12H13F3N4OS. The smallest absolute Gasteiger partial charge is 0.389 e. The molecule has 0 spiro atoms.